The molecule has 1 unspecified atom stereocenters. The molecule has 0 spiro atoms. The average Bonchev–Trinajstić information content (AvgIpc) is 2.91. The molecule has 1 atom stereocenters. The summed E-state index contributed by atoms with van der Waals surface area (Å²) in [6, 6.07) is 0.670. The Hall–Kier alpha value is 0.170. The van der Waals surface area contributed by atoms with Crippen molar-refractivity contribution < 1.29 is 4.74 Å². The molecule has 2 N–H and O–H groups in total. The molecule has 0 heterocycles. The molecule has 0 radical (unpaired) electrons. The highest BCUT2D eigenvalue weighted by Crippen LogP contribution is 2.49. The summed E-state index contributed by atoms with van der Waals surface area (Å²) in [7, 11) is 2.18. The Morgan fingerprint density at radius 1 is 1.40 bits per heavy atom. The summed E-state index contributed by atoms with van der Waals surface area (Å²) in [5, 5.41) is 0. The number of halogens is 1. The summed E-state index contributed by atoms with van der Waals surface area (Å²) in [6.45, 7) is 7.80. The third-order valence-electron chi connectivity index (χ3n) is 3.56. The van der Waals surface area contributed by atoms with Gasteiger partial charge >= 0.3 is 0 Å². The van der Waals surface area contributed by atoms with E-state index in [-0.39, 0.29) is 12.4 Å². The molecule has 1 aliphatic rings. The first-order valence-corrected chi connectivity index (χ1v) is 5.58. The average molecular weight is 237 g/mol. The van der Waals surface area contributed by atoms with Gasteiger partial charge in [0.2, 0.25) is 0 Å². The number of rotatable bonds is 7. The highest BCUT2D eigenvalue weighted by molar-refractivity contribution is 5.85. The van der Waals surface area contributed by atoms with E-state index in [0.717, 1.165) is 13.2 Å². The lowest BCUT2D eigenvalue weighted by Crippen LogP contribution is -2.37. The van der Waals surface area contributed by atoms with Crippen LogP contribution in [0.15, 0.2) is 0 Å². The second-order valence-corrected chi connectivity index (χ2v) is 4.71. The number of nitrogens with zero attached hydrogens (tertiary/aromatic N) is 1. The molecule has 0 amide bonds. The molecular formula is C11H25ClN2O. The van der Waals surface area contributed by atoms with Crippen LogP contribution in [0.2, 0.25) is 0 Å². The van der Waals surface area contributed by atoms with Gasteiger partial charge in [-0.2, -0.15) is 0 Å². The lowest BCUT2D eigenvalue weighted by molar-refractivity contribution is 0.0917. The highest BCUT2D eigenvalue weighted by Gasteiger charge is 2.43. The third kappa shape index (κ3) is 4.68. The van der Waals surface area contributed by atoms with Crippen LogP contribution in [0.4, 0.5) is 0 Å². The molecule has 0 bridgehead atoms. The van der Waals surface area contributed by atoms with Crippen LogP contribution in [-0.2, 0) is 4.74 Å². The van der Waals surface area contributed by atoms with Gasteiger partial charge in [0.25, 0.3) is 0 Å². The minimum absolute atomic E-state index is 0. The van der Waals surface area contributed by atoms with Crippen LogP contribution < -0.4 is 5.73 Å². The van der Waals surface area contributed by atoms with Crippen molar-refractivity contribution in [3.05, 3.63) is 0 Å². The largest absolute Gasteiger partial charge is 0.379 e. The van der Waals surface area contributed by atoms with E-state index in [1.807, 2.05) is 0 Å². The molecule has 0 saturated heterocycles. The van der Waals surface area contributed by atoms with E-state index >= 15 is 0 Å². The number of hydrogen-bond acceptors (Lipinski definition) is 3. The summed E-state index contributed by atoms with van der Waals surface area (Å²) in [6.07, 6.45) is 2.75. The van der Waals surface area contributed by atoms with Gasteiger partial charge in [-0.3, -0.25) is 0 Å². The van der Waals surface area contributed by atoms with Gasteiger partial charge < -0.3 is 15.4 Å². The Balaban J connectivity index is 0.00000196. The minimum Gasteiger partial charge on any atom is -0.379 e. The number of nitrogens with two attached hydrogens (primary N) is 1. The lowest BCUT2D eigenvalue weighted by atomic mass is 10.00. The van der Waals surface area contributed by atoms with Gasteiger partial charge in [0.05, 0.1) is 13.2 Å². The van der Waals surface area contributed by atoms with Crippen LogP contribution in [0.1, 0.15) is 26.7 Å². The van der Waals surface area contributed by atoms with Crippen molar-refractivity contribution in [2.75, 3.05) is 33.4 Å². The second kappa shape index (κ2) is 6.69. The number of likely N-dealkylation sites (N-methyl/N-ethyl adjacent to an activating group) is 1. The molecule has 0 aromatic rings. The summed E-state index contributed by atoms with van der Waals surface area (Å²) < 4.78 is 5.37. The van der Waals surface area contributed by atoms with Crippen LogP contribution >= 0.6 is 12.4 Å². The maximum Gasteiger partial charge on any atom is 0.0594 e. The van der Waals surface area contributed by atoms with E-state index in [0.29, 0.717) is 24.6 Å². The van der Waals surface area contributed by atoms with Crippen LogP contribution in [0.25, 0.3) is 0 Å². The van der Waals surface area contributed by atoms with Crippen LogP contribution in [0, 0.1) is 5.41 Å². The smallest absolute Gasteiger partial charge is 0.0594 e. The molecule has 0 aromatic carbocycles. The van der Waals surface area contributed by atoms with Gasteiger partial charge in [-0.05, 0) is 32.2 Å². The molecule has 4 heteroatoms. The SMILES string of the molecule is CC(N(C)CCOCCN)C1(C)CC1.Cl. The van der Waals surface area contributed by atoms with Crippen LogP contribution in [-0.4, -0.2) is 44.3 Å². The van der Waals surface area contributed by atoms with Gasteiger partial charge in [-0.15, -0.1) is 12.4 Å². The van der Waals surface area contributed by atoms with E-state index in [9.17, 15) is 0 Å². The van der Waals surface area contributed by atoms with Crippen molar-refractivity contribution in [3.63, 3.8) is 0 Å². The highest BCUT2D eigenvalue weighted by atomic mass is 35.5. The minimum atomic E-state index is 0. The topological polar surface area (TPSA) is 38.5 Å². The summed E-state index contributed by atoms with van der Waals surface area (Å²) in [5.41, 5.74) is 5.92. The Bertz CT molecular complexity index is 174. The van der Waals surface area contributed by atoms with Crippen molar-refractivity contribution in [3.8, 4) is 0 Å². The maximum atomic E-state index is 5.37. The summed E-state index contributed by atoms with van der Waals surface area (Å²) in [4.78, 5) is 2.39. The lowest BCUT2D eigenvalue weighted by Gasteiger charge is -2.29. The fraction of sp³-hybridized carbons (Fsp3) is 1.00. The van der Waals surface area contributed by atoms with Crippen molar-refractivity contribution in [2.45, 2.75) is 32.7 Å². The fourth-order valence-corrected chi connectivity index (χ4v) is 1.73. The third-order valence-corrected chi connectivity index (χ3v) is 3.56. The predicted molar refractivity (Wildman–Crippen MR) is 66.6 cm³/mol. The molecular weight excluding hydrogens is 212 g/mol. The van der Waals surface area contributed by atoms with E-state index in [1.54, 1.807) is 0 Å². The van der Waals surface area contributed by atoms with Crippen molar-refractivity contribution in [1.29, 1.82) is 0 Å². The Labute approximate surface area is 99.7 Å². The second-order valence-electron chi connectivity index (χ2n) is 4.71. The Kier molecular flexibility index (Phi) is 6.76. The van der Waals surface area contributed by atoms with Gasteiger partial charge in [-0.1, -0.05) is 6.92 Å². The van der Waals surface area contributed by atoms with E-state index in [2.05, 4.69) is 25.8 Å². The summed E-state index contributed by atoms with van der Waals surface area (Å²) >= 11 is 0. The van der Waals surface area contributed by atoms with Crippen LogP contribution in [0.3, 0.4) is 0 Å². The van der Waals surface area contributed by atoms with E-state index < -0.39 is 0 Å². The monoisotopic (exact) mass is 236 g/mol. The molecule has 15 heavy (non-hydrogen) atoms. The first kappa shape index (κ1) is 15.2. The fourth-order valence-electron chi connectivity index (χ4n) is 1.73. The van der Waals surface area contributed by atoms with Gasteiger partial charge in [0, 0.05) is 19.1 Å². The van der Waals surface area contributed by atoms with Gasteiger partial charge in [-0.25, -0.2) is 0 Å². The molecule has 1 fully saturated rings. The van der Waals surface area contributed by atoms with Crippen molar-refractivity contribution in [2.24, 2.45) is 11.1 Å². The Morgan fingerprint density at radius 2 is 2.00 bits per heavy atom. The normalized spacial score (nSPS) is 19.8. The van der Waals surface area contributed by atoms with Crippen LogP contribution in [0.5, 0.6) is 0 Å². The first-order chi connectivity index (χ1) is 6.60. The summed E-state index contributed by atoms with van der Waals surface area (Å²) in [5.74, 6) is 0. The standard InChI is InChI=1S/C11H24N2O.ClH/c1-10(11(2)4-5-11)13(3)7-9-14-8-6-12;/h10H,4-9,12H2,1-3H3;1H. The zero-order valence-corrected chi connectivity index (χ0v) is 11.0. The molecule has 92 valence electrons. The van der Waals surface area contributed by atoms with E-state index in [1.165, 1.54) is 12.8 Å². The number of ether oxygens (including phenoxy) is 1. The molecule has 1 aliphatic carbocycles. The van der Waals surface area contributed by atoms with Crippen molar-refractivity contribution >= 4 is 12.4 Å². The predicted octanol–water partition coefficient (Wildman–Crippen LogP) is 1.50. The zero-order valence-electron chi connectivity index (χ0n) is 10.2. The molecule has 1 rings (SSSR count). The molecule has 1 saturated carbocycles. The molecule has 0 aromatic heterocycles. The van der Waals surface area contributed by atoms with Gasteiger partial charge in [0.1, 0.15) is 0 Å². The van der Waals surface area contributed by atoms with Gasteiger partial charge in [0.15, 0.2) is 0 Å². The maximum absolute atomic E-state index is 5.37. The molecule has 3 nitrogen and oxygen atoms in total. The molecule has 0 aliphatic heterocycles. The quantitative estimate of drug-likeness (QED) is 0.681. The number of hydrogen-bond donors (Lipinski definition) is 1. The van der Waals surface area contributed by atoms with Crippen molar-refractivity contribution in [1.82, 2.24) is 4.90 Å². The van der Waals surface area contributed by atoms with E-state index in [4.69, 9.17) is 10.5 Å². The zero-order chi connectivity index (χ0) is 10.6. The first-order valence-electron chi connectivity index (χ1n) is 5.58. The Morgan fingerprint density at radius 3 is 2.47 bits per heavy atom.